The topological polar surface area (TPSA) is 26.3 Å². The Labute approximate surface area is 33.0 Å². The van der Waals surface area contributed by atoms with Gasteiger partial charge < -0.3 is 4.43 Å². The molecule has 0 aliphatic carbocycles. The largest absolute Gasteiger partial charge is 0.551 e. The Kier molecular flexibility index (Phi) is 3.10. The van der Waals surface area contributed by atoms with Crippen molar-refractivity contribution in [2.45, 2.75) is 0 Å². The zero-order chi connectivity index (χ0) is 4.12. The molecule has 28 valence electrons. The van der Waals surface area contributed by atoms with Crippen LogP contribution in [0.25, 0.3) is 0 Å². The highest BCUT2D eigenvalue weighted by atomic mass is 28.2. The Balaban J connectivity index is 2.93. The minimum Gasteiger partial charge on any atom is -0.551 e. The van der Waals surface area contributed by atoms with Gasteiger partial charge in [-0.25, -0.2) is 4.79 Å². The van der Waals surface area contributed by atoms with Crippen molar-refractivity contribution < 1.29 is 9.22 Å². The summed E-state index contributed by atoms with van der Waals surface area (Å²) in [6, 6.07) is 0. The first-order valence-corrected chi connectivity index (χ1v) is 1.95. The van der Waals surface area contributed by atoms with Crippen LogP contribution in [0.2, 0.25) is 0 Å². The summed E-state index contributed by atoms with van der Waals surface area (Å²) in [6.07, 6.45) is 1.01. The van der Waals surface area contributed by atoms with Gasteiger partial charge in [0, 0.05) is 0 Å². The second-order valence-corrected chi connectivity index (χ2v) is 0.943. The van der Waals surface area contributed by atoms with Crippen LogP contribution in [-0.2, 0) is 9.22 Å². The molecule has 0 saturated carbocycles. The van der Waals surface area contributed by atoms with E-state index in [4.69, 9.17) is 4.79 Å². The first kappa shape index (κ1) is 4.47. The molecule has 0 bridgehead atoms. The van der Waals surface area contributed by atoms with Gasteiger partial charge in [0.25, 0.3) is 0 Å². The number of hydrogen-bond acceptors (Lipinski definition) is 2. The highest BCUT2D eigenvalue weighted by molar-refractivity contribution is 5.98. The van der Waals surface area contributed by atoms with E-state index < -0.39 is 0 Å². The Morgan fingerprint density at radius 2 is 2.60 bits per heavy atom. The van der Waals surface area contributed by atoms with Crippen molar-refractivity contribution in [1.82, 2.24) is 0 Å². The molecule has 0 N–H and O–H groups in total. The van der Waals surface area contributed by atoms with Crippen LogP contribution in [0.5, 0.6) is 0 Å². The molecule has 0 saturated heterocycles. The van der Waals surface area contributed by atoms with Crippen LogP contribution in [-0.4, -0.2) is 16.4 Å². The second kappa shape index (κ2) is 3.47. The van der Waals surface area contributed by atoms with Gasteiger partial charge in [0.2, 0.25) is 10.5 Å². The zero-order valence-corrected chi connectivity index (χ0v) is 4.89. The van der Waals surface area contributed by atoms with E-state index >= 15 is 0 Å². The van der Waals surface area contributed by atoms with Gasteiger partial charge in [-0.15, -0.1) is 0 Å². The summed E-state index contributed by atoms with van der Waals surface area (Å²) < 4.78 is 4.28. The van der Waals surface area contributed by atoms with Crippen molar-refractivity contribution in [3.05, 3.63) is 6.26 Å². The summed E-state index contributed by atoms with van der Waals surface area (Å²) in [5.74, 6) is 1.45. The number of carbonyl (C=O) groups excluding carboxylic acids is 1. The van der Waals surface area contributed by atoms with Crippen LogP contribution >= 0.6 is 0 Å². The lowest BCUT2D eigenvalue weighted by molar-refractivity contribution is 0.518. The maximum Gasteiger partial charge on any atom is 0.204 e. The van der Waals surface area contributed by atoms with Crippen LogP contribution in [0.4, 0.5) is 0 Å². The molecule has 0 unspecified atom stereocenters. The number of rotatable bonds is 1. The van der Waals surface area contributed by atoms with Crippen LogP contribution in [0.1, 0.15) is 0 Å². The second-order valence-electron chi connectivity index (χ2n) is 0.471. The van der Waals surface area contributed by atoms with E-state index in [2.05, 4.69) is 4.43 Å². The summed E-state index contributed by atoms with van der Waals surface area (Å²) in [7, 11) is 0.581. The lowest BCUT2D eigenvalue weighted by Gasteiger charge is -1.72. The lowest BCUT2D eigenvalue weighted by Crippen LogP contribution is -1.63. The summed E-state index contributed by atoms with van der Waals surface area (Å²) in [5, 5.41) is 0. The maximum absolute atomic E-state index is 9.12. The normalized spacial score (nSPS) is 5.60. The van der Waals surface area contributed by atoms with E-state index in [0.717, 1.165) is 6.26 Å². The lowest BCUT2D eigenvalue weighted by atomic mass is 11.1. The summed E-state index contributed by atoms with van der Waals surface area (Å²) in [5.41, 5.74) is 0. The molecule has 0 aliphatic rings. The van der Waals surface area contributed by atoms with E-state index in [1.54, 1.807) is 0 Å². The van der Waals surface area contributed by atoms with Crippen molar-refractivity contribution in [3.63, 3.8) is 0 Å². The van der Waals surface area contributed by atoms with Crippen LogP contribution in [0.3, 0.4) is 0 Å². The average Bonchev–Trinajstić information content (AvgIpc) is 1.41. The average molecular weight is 88.1 g/mol. The van der Waals surface area contributed by atoms with Crippen LogP contribution < -0.4 is 0 Å². The predicted molar refractivity (Wildman–Crippen MR) is 21.3 cm³/mol. The molecule has 0 aromatic carbocycles. The molecule has 0 atom stereocenters. The molecule has 0 fully saturated rings. The third-order valence-corrected chi connectivity index (χ3v) is 0.402. The fourth-order valence-corrected chi connectivity index (χ4v) is 0.144. The first-order valence-electron chi connectivity index (χ1n) is 1.14. The first-order chi connectivity index (χ1) is 2.41. The highest BCUT2D eigenvalue weighted by Crippen LogP contribution is 1.49. The molecule has 2 nitrogen and oxygen atoms in total. The molecule has 5 heavy (non-hydrogen) atoms. The smallest absolute Gasteiger partial charge is 0.204 e. The minimum atomic E-state index is 0.581. The fourth-order valence-electron chi connectivity index (χ4n) is 0.0481. The summed E-state index contributed by atoms with van der Waals surface area (Å²) in [4.78, 5) is 9.12. The number of hydrogen-bond donors (Lipinski definition) is 0. The van der Waals surface area contributed by atoms with E-state index in [-0.39, 0.29) is 0 Å². The van der Waals surface area contributed by atoms with E-state index in [9.17, 15) is 0 Å². The van der Waals surface area contributed by atoms with E-state index in [0.29, 0.717) is 10.5 Å². The highest BCUT2D eigenvalue weighted by Gasteiger charge is 1.47. The standard InChI is InChI=1S/C2H4O2Si/c3-1-2-4-5/h2H,5H3. The van der Waals surface area contributed by atoms with E-state index in [1.807, 2.05) is 0 Å². The Morgan fingerprint density at radius 1 is 2.00 bits per heavy atom. The monoisotopic (exact) mass is 88.0 g/mol. The van der Waals surface area contributed by atoms with Gasteiger partial charge in [-0.3, -0.25) is 0 Å². The van der Waals surface area contributed by atoms with Crippen molar-refractivity contribution in [3.8, 4) is 0 Å². The third kappa shape index (κ3) is 3.47. The van der Waals surface area contributed by atoms with Crippen molar-refractivity contribution in [2.75, 3.05) is 0 Å². The molecular weight excluding hydrogens is 84.1 g/mol. The molecule has 0 aliphatic heterocycles. The van der Waals surface area contributed by atoms with Gasteiger partial charge in [-0.05, 0) is 0 Å². The SMILES string of the molecule is O=C=CO[SiH3]. The molecule has 0 aromatic heterocycles. The van der Waals surface area contributed by atoms with Gasteiger partial charge in [0.1, 0.15) is 0 Å². The minimum absolute atomic E-state index is 0.581. The Bertz CT molecular complexity index is 54.7. The van der Waals surface area contributed by atoms with Crippen LogP contribution in [0, 0.1) is 0 Å². The molecule has 0 rings (SSSR count). The molecular formula is C2H4O2Si. The predicted octanol–water partition coefficient (Wildman–Crippen LogP) is -1.37. The fraction of sp³-hybridized carbons (Fsp3) is 0. The quantitative estimate of drug-likeness (QED) is 0.224. The van der Waals surface area contributed by atoms with Crippen molar-refractivity contribution in [2.24, 2.45) is 0 Å². The van der Waals surface area contributed by atoms with Gasteiger partial charge in [-0.2, -0.15) is 0 Å². The van der Waals surface area contributed by atoms with Gasteiger partial charge >= 0.3 is 0 Å². The van der Waals surface area contributed by atoms with Gasteiger partial charge in [0.05, 0.1) is 0 Å². The molecule has 0 spiro atoms. The maximum atomic E-state index is 9.12. The molecule has 3 heteroatoms. The summed E-state index contributed by atoms with van der Waals surface area (Å²) >= 11 is 0. The van der Waals surface area contributed by atoms with Gasteiger partial charge in [0.15, 0.2) is 12.2 Å². The zero-order valence-electron chi connectivity index (χ0n) is 2.89. The third-order valence-electron chi connectivity index (χ3n) is 0.166. The molecule has 0 amide bonds. The van der Waals surface area contributed by atoms with Gasteiger partial charge in [-0.1, -0.05) is 0 Å². The summed E-state index contributed by atoms with van der Waals surface area (Å²) in [6.45, 7) is 0. The van der Waals surface area contributed by atoms with Crippen LogP contribution in [0.15, 0.2) is 6.26 Å². The molecule has 0 radical (unpaired) electrons. The van der Waals surface area contributed by atoms with E-state index in [1.165, 1.54) is 5.94 Å². The Hall–Kier alpha value is -0.533. The van der Waals surface area contributed by atoms with Crippen molar-refractivity contribution >= 4 is 16.4 Å². The Morgan fingerprint density at radius 3 is 2.60 bits per heavy atom. The molecule has 0 aromatic rings. The van der Waals surface area contributed by atoms with Crippen molar-refractivity contribution in [1.29, 1.82) is 0 Å². The molecule has 0 heterocycles.